The molecule has 1 aromatic carbocycles. The molecule has 0 amide bonds. The topological polar surface area (TPSA) is 27.0 Å². The molecule has 1 aromatic rings. The van der Waals surface area contributed by atoms with Crippen molar-refractivity contribution in [2.75, 3.05) is 19.1 Å². The van der Waals surface area contributed by atoms with E-state index in [0.717, 1.165) is 12.1 Å². The fourth-order valence-electron chi connectivity index (χ4n) is 1.69. The third kappa shape index (κ3) is 4.80. The second-order valence-electron chi connectivity index (χ2n) is 4.36. The van der Waals surface area contributed by atoms with Gasteiger partial charge >= 0.3 is 0 Å². The van der Waals surface area contributed by atoms with Gasteiger partial charge in [0, 0.05) is 12.6 Å². The van der Waals surface area contributed by atoms with Gasteiger partial charge in [0.05, 0.1) is 11.6 Å². The molecular formula is C14H20N2S. The Kier molecular flexibility index (Phi) is 6.10. The number of rotatable bonds is 6. The van der Waals surface area contributed by atoms with Crippen LogP contribution in [0.5, 0.6) is 0 Å². The van der Waals surface area contributed by atoms with Crippen LogP contribution in [0.1, 0.15) is 24.5 Å². The fraction of sp³-hybridized carbons (Fsp3) is 0.500. The van der Waals surface area contributed by atoms with Crippen LogP contribution in [0.15, 0.2) is 24.3 Å². The molecule has 0 radical (unpaired) electrons. The SMILES string of the molecule is CSCCC(C)N(C)Cc1cccc(C#N)c1. The molecule has 0 aromatic heterocycles. The van der Waals surface area contributed by atoms with Gasteiger partial charge in [-0.05, 0) is 50.1 Å². The first-order valence-corrected chi connectivity index (χ1v) is 7.25. The van der Waals surface area contributed by atoms with Crippen molar-refractivity contribution in [1.29, 1.82) is 5.26 Å². The van der Waals surface area contributed by atoms with E-state index in [1.54, 1.807) is 0 Å². The third-order valence-corrected chi connectivity index (χ3v) is 3.62. The Morgan fingerprint density at radius 3 is 2.88 bits per heavy atom. The Balaban J connectivity index is 2.55. The highest BCUT2D eigenvalue weighted by Gasteiger charge is 2.09. The van der Waals surface area contributed by atoms with Crippen LogP contribution in [0.3, 0.4) is 0 Å². The van der Waals surface area contributed by atoms with Gasteiger partial charge in [0.25, 0.3) is 0 Å². The number of thioether (sulfide) groups is 1. The van der Waals surface area contributed by atoms with E-state index in [4.69, 9.17) is 5.26 Å². The van der Waals surface area contributed by atoms with E-state index in [1.807, 2.05) is 30.0 Å². The molecule has 1 atom stereocenters. The Hall–Kier alpha value is -0.980. The highest BCUT2D eigenvalue weighted by molar-refractivity contribution is 7.98. The van der Waals surface area contributed by atoms with Crippen LogP contribution in [-0.2, 0) is 6.54 Å². The maximum atomic E-state index is 8.86. The Morgan fingerprint density at radius 2 is 2.24 bits per heavy atom. The molecule has 17 heavy (non-hydrogen) atoms. The zero-order chi connectivity index (χ0) is 12.7. The first kappa shape index (κ1) is 14.1. The quantitative estimate of drug-likeness (QED) is 0.774. The predicted octanol–water partition coefficient (Wildman–Crippen LogP) is 3.13. The van der Waals surface area contributed by atoms with Gasteiger partial charge in [0.2, 0.25) is 0 Å². The van der Waals surface area contributed by atoms with Gasteiger partial charge in [-0.25, -0.2) is 0 Å². The van der Waals surface area contributed by atoms with Crippen molar-refractivity contribution in [3.05, 3.63) is 35.4 Å². The lowest BCUT2D eigenvalue weighted by Gasteiger charge is -2.24. The lowest BCUT2D eigenvalue weighted by atomic mass is 10.1. The Bertz CT molecular complexity index is 384. The summed E-state index contributed by atoms with van der Waals surface area (Å²) in [6, 6.07) is 10.6. The molecule has 0 N–H and O–H groups in total. The minimum absolute atomic E-state index is 0.577. The lowest BCUT2D eigenvalue weighted by molar-refractivity contribution is 0.245. The van der Waals surface area contributed by atoms with Crippen LogP contribution in [-0.4, -0.2) is 30.0 Å². The van der Waals surface area contributed by atoms with E-state index in [0.29, 0.717) is 6.04 Å². The number of hydrogen-bond donors (Lipinski definition) is 0. The summed E-state index contributed by atoms with van der Waals surface area (Å²) in [5, 5.41) is 8.86. The van der Waals surface area contributed by atoms with E-state index in [2.05, 4.69) is 37.3 Å². The highest BCUT2D eigenvalue weighted by atomic mass is 32.2. The summed E-state index contributed by atoms with van der Waals surface area (Å²) >= 11 is 1.89. The van der Waals surface area contributed by atoms with Crippen molar-refractivity contribution in [2.24, 2.45) is 0 Å². The van der Waals surface area contributed by atoms with Crippen LogP contribution in [0.25, 0.3) is 0 Å². The van der Waals surface area contributed by atoms with Crippen molar-refractivity contribution in [1.82, 2.24) is 4.90 Å². The van der Waals surface area contributed by atoms with Crippen LogP contribution >= 0.6 is 11.8 Å². The van der Waals surface area contributed by atoms with Gasteiger partial charge in [0.15, 0.2) is 0 Å². The standard InChI is InChI=1S/C14H20N2S/c1-12(7-8-17-3)16(2)11-14-6-4-5-13(9-14)10-15/h4-6,9,12H,7-8,11H2,1-3H3. The Labute approximate surface area is 109 Å². The summed E-state index contributed by atoms with van der Waals surface area (Å²) in [4.78, 5) is 2.34. The molecule has 0 aliphatic carbocycles. The lowest BCUT2D eigenvalue weighted by Crippen LogP contribution is -2.29. The smallest absolute Gasteiger partial charge is 0.0991 e. The number of benzene rings is 1. The molecule has 0 spiro atoms. The molecule has 1 unspecified atom stereocenters. The summed E-state index contributed by atoms with van der Waals surface area (Å²) in [6.45, 7) is 3.16. The maximum Gasteiger partial charge on any atom is 0.0991 e. The first-order chi connectivity index (χ1) is 8.17. The molecule has 2 nitrogen and oxygen atoms in total. The van der Waals surface area contributed by atoms with E-state index in [-0.39, 0.29) is 0 Å². The van der Waals surface area contributed by atoms with Gasteiger partial charge in [-0.2, -0.15) is 17.0 Å². The normalized spacial score (nSPS) is 12.4. The zero-order valence-electron chi connectivity index (χ0n) is 10.8. The van der Waals surface area contributed by atoms with Gasteiger partial charge < -0.3 is 0 Å². The number of nitrogens with zero attached hydrogens (tertiary/aromatic N) is 2. The maximum absolute atomic E-state index is 8.86. The van der Waals surface area contributed by atoms with E-state index in [9.17, 15) is 0 Å². The van der Waals surface area contributed by atoms with Crippen molar-refractivity contribution < 1.29 is 0 Å². The summed E-state index contributed by atoms with van der Waals surface area (Å²) in [5.74, 6) is 1.20. The van der Waals surface area contributed by atoms with Crippen molar-refractivity contribution in [3.63, 3.8) is 0 Å². The summed E-state index contributed by atoms with van der Waals surface area (Å²) in [5.41, 5.74) is 1.95. The van der Waals surface area contributed by atoms with Crippen LogP contribution in [0.4, 0.5) is 0 Å². The molecule has 0 saturated heterocycles. The molecule has 92 valence electrons. The van der Waals surface area contributed by atoms with Gasteiger partial charge in [0.1, 0.15) is 0 Å². The molecule has 0 fully saturated rings. The third-order valence-electron chi connectivity index (χ3n) is 2.98. The second kappa shape index (κ2) is 7.37. The second-order valence-corrected chi connectivity index (χ2v) is 5.34. The van der Waals surface area contributed by atoms with Crippen LogP contribution < -0.4 is 0 Å². The first-order valence-electron chi connectivity index (χ1n) is 5.85. The molecule has 3 heteroatoms. The van der Waals surface area contributed by atoms with Crippen LogP contribution in [0, 0.1) is 11.3 Å². The molecule has 0 bridgehead atoms. The van der Waals surface area contributed by atoms with E-state index in [1.165, 1.54) is 17.7 Å². The zero-order valence-corrected chi connectivity index (χ0v) is 11.6. The van der Waals surface area contributed by atoms with Crippen molar-refractivity contribution in [3.8, 4) is 6.07 Å². The van der Waals surface area contributed by atoms with E-state index >= 15 is 0 Å². The molecule has 0 aliphatic rings. The minimum atomic E-state index is 0.577. The number of nitriles is 1. The predicted molar refractivity (Wildman–Crippen MR) is 75.1 cm³/mol. The Morgan fingerprint density at radius 1 is 1.47 bits per heavy atom. The van der Waals surface area contributed by atoms with Crippen molar-refractivity contribution >= 4 is 11.8 Å². The average Bonchev–Trinajstić information content (AvgIpc) is 2.36. The summed E-state index contributed by atoms with van der Waals surface area (Å²) in [7, 11) is 2.14. The highest BCUT2D eigenvalue weighted by Crippen LogP contribution is 2.11. The average molecular weight is 248 g/mol. The summed E-state index contributed by atoms with van der Waals surface area (Å²) in [6.07, 6.45) is 3.35. The number of hydrogen-bond acceptors (Lipinski definition) is 3. The van der Waals surface area contributed by atoms with Gasteiger partial charge in [-0.15, -0.1) is 0 Å². The molecule has 1 rings (SSSR count). The van der Waals surface area contributed by atoms with Gasteiger partial charge in [-0.1, -0.05) is 12.1 Å². The monoisotopic (exact) mass is 248 g/mol. The molecule has 0 aliphatic heterocycles. The molecule has 0 heterocycles. The minimum Gasteiger partial charge on any atom is -0.299 e. The van der Waals surface area contributed by atoms with E-state index < -0.39 is 0 Å². The van der Waals surface area contributed by atoms with Gasteiger partial charge in [-0.3, -0.25) is 4.90 Å². The largest absolute Gasteiger partial charge is 0.299 e. The van der Waals surface area contributed by atoms with Crippen molar-refractivity contribution in [2.45, 2.75) is 25.9 Å². The molecular weight excluding hydrogens is 228 g/mol. The van der Waals surface area contributed by atoms with Crippen LogP contribution in [0.2, 0.25) is 0 Å². The molecule has 0 saturated carbocycles. The fourth-order valence-corrected chi connectivity index (χ4v) is 2.27. The summed E-state index contributed by atoms with van der Waals surface area (Å²) < 4.78 is 0.